The van der Waals surface area contributed by atoms with E-state index in [2.05, 4.69) is 12.2 Å². The maximum absolute atomic E-state index is 12.0. The van der Waals surface area contributed by atoms with Crippen molar-refractivity contribution < 1.29 is 8.42 Å². The fourth-order valence-electron chi connectivity index (χ4n) is 2.17. The van der Waals surface area contributed by atoms with E-state index in [1.807, 2.05) is 12.1 Å². The van der Waals surface area contributed by atoms with Gasteiger partial charge in [-0.3, -0.25) is 0 Å². The van der Waals surface area contributed by atoms with Crippen LogP contribution in [0.1, 0.15) is 37.8 Å². The van der Waals surface area contributed by atoms with Crippen LogP contribution in [-0.2, 0) is 10.0 Å². The monoisotopic (exact) mass is 296 g/mol. The summed E-state index contributed by atoms with van der Waals surface area (Å²) in [5.41, 5.74) is 1.12. The topological polar surface area (TPSA) is 49.4 Å². The maximum atomic E-state index is 12.0. The van der Waals surface area contributed by atoms with Crippen LogP contribution in [0.3, 0.4) is 0 Å². The van der Waals surface area contributed by atoms with Crippen LogP contribution in [0.4, 0.5) is 0 Å². The van der Waals surface area contributed by atoms with Gasteiger partial charge < -0.3 is 5.32 Å². The molecule has 1 aliphatic carbocycles. The molecule has 1 unspecified atom stereocenters. The highest BCUT2D eigenvalue weighted by Crippen LogP contribution is 2.32. The molecule has 0 aromatic heterocycles. The van der Waals surface area contributed by atoms with Gasteiger partial charge in [0.1, 0.15) is 0 Å². The first-order valence-corrected chi connectivity index (χ1v) is 8.61. The van der Waals surface area contributed by atoms with Gasteiger partial charge in [0, 0.05) is 20.1 Å². The van der Waals surface area contributed by atoms with Gasteiger partial charge in [0.15, 0.2) is 0 Å². The lowest BCUT2D eigenvalue weighted by Crippen LogP contribution is -2.23. The van der Waals surface area contributed by atoms with Crippen molar-refractivity contribution in [2.24, 2.45) is 5.92 Å². The van der Waals surface area contributed by atoms with E-state index in [-0.39, 0.29) is 6.04 Å². The lowest BCUT2D eigenvalue weighted by Gasteiger charge is -2.16. The minimum Gasteiger partial charge on any atom is -0.310 e. The zero-order chi connectivity index (χ0) is 14.8. The second-order valence-corrected chi connectivity index (χ2v) is 7.92. The molecule has 1 fully saturated rings. The van der Waals surface area contributed by atoms with Crippen LogP contribution in [0.5, 0.6) is 0 Å². The van der Waals surface area contributed by atoms with Crippen LogP contribution in [0.2, 0.25) is 0 Å². The Balaban J connectivity index is 1.96. The van der Waals surface area contributed by atoms with E-state index in [1.54, 1.807) is 26.2 Å². The van der Waals surface area contributed by atoms with Crippen LogP contribution in [0.15, 0.2) is 29.2 Å². The molecule has 112 valence electrons. The van der Waals surface area contributed by atoms with Crippen LogP contribution in [-0.4, -0.2) is 33.4 Å². The molecule has 1 saturated carbocycles. The molecule has 0 spiro atoms. The minimum absolute atomic E-state index is 0.255. The van der Waals surface area contributed by atoms with Crippen molar-refractivity contribution in [3.63, 3.8) is 0 Å². The summed E-state index contributed by atoms with van der Waals surface area (Å²) in [6, 6.07) is 7.41. The fraction of sp³-hybridized carbons (Fsp3) is 0.600. The van der Waals surface area contributed by atoms with Crippen molar-refractivity contribution in [1.82, 2.24) is 9.62 Å². The predicted octanol–water partition coefficient (Wildman–Crippen LogP) is 2.39. The number of rotatable bonds is 7. The van der Waals surface area contributed by atoms with Gasteiger partial charge in [-0.15, -0.1) is 0 Å². The van der Waals surface area contributed by atoms with Crippen molar-refractivity contribution in [2.45, 2.75) is 37.1 Å². The Morgan fingerprint density at radius 3 is 2.35 bits per heavy atom. The molecule has 1 atom stereocenters. The van der Waals surface area contributed by atoms with Gasteiger partial charge in [-0.2, -0.15) is 0 Å². The highest BCUT2D eigenvalue weighted by atomic mass is 32.2. The summed E-state index contributed by atoms with van der Waals surface area (Å²) < 4.78 is 25.2. The minimum atomic E-state index is -3.33. The van der Waals surface area contributed by atoms with Gasteiger partial charge in [-0.05, 0) is 43.5 Å². The van der Waals surface area contributed by atoms with E-state index in [9.17, 15) is 8.42 Å². The normalized spacial score (nSPS) is 17.4. The zero-order valence-corrected chi connectivity index (χ0v) is 13.3. The average Bonchev–Trinajstić information content (AvgIpc) is 3.22. The Labute approximate surface area is 122 Å². The van der Waals surface area contributed by atoms with E-state index in [0.29, 0.717) is 4.90 Å². The summed E-state index contributed by atoms with van der Waals surface area (Å²) in [4.78, 5) is 0.344. The molecule has 20 heavy (non-hydrogen) atoms. The molecule has 5 heteroatoms. The Morgan fingerprint density at radius 2 is 1.85 bits per heavy atom. The third-order valence-corrected chi connectivity index (χ3v) is 5.69. The van der Waals surface area contributed by atoms with Crippen molar-refractivity contribution in [1.29, 1.82) is 0 Å². The quantitative estimate of drug-likeness (QED) is 0.840. The third kappa shape index (κ3) is 3.81. The predicted molar refractivity (Wildman–Crippen MR) is 81.1 cm³/mol. The van der Waals surface area contributed by atoms with E-state index >= 15 is 0 Å². The van der Waals surface area contributed by atoms with E-state index in [1.165, 1.54) is 23.6 Å². The van der Waals surface area contributed by atoms with E-state index in [0.717, 1.165) is 18.0 Å². The first-order chi connectivity index (χ1) is 9.41. The molecule has 0 radical (unpaired) electrons. The number of benzene rings is 1. The van der Waals surface area contributed by atoms with Crippen molar-refractivity contribution in [3.05, 3.63) is 29.8 Å². The van der Waals surface area contributed by atoms with E-state index in [4.69, 9.17) is 0 Å². The first kappa shape index (κ1) is 15.5. The Kier molecular flexibility index (Phi) is 4.83. The summed E-state index contributed by atoms with van der Waals surface area (Å²) in [7, 11) is -0.232. The van der Waals surface area contributed by atoms with Gasteiger partial charge in [-0.1, -0.05) is 25.0 Å². The summed E-state index contributed by atoms with van der Waals surface area (Å²) in [6.45, 7) is 3.14. The Bertz CT molecular complexity index is 533. The molecule has 2 rings (SSSR count). The standard InChI is InChI=1S/C15H24N2O2S/c1-12(16-11-10-13-4-5-13)14-6-8-15(9-7-14)20(18,19)17(2)3/h6-9,12-13,16H,4-5,10-11H2,1-3H3. The molecule has 1 aromatic rings. The molecule has 0 saturated heterocycles. The van der Waals surface area contributed by atoms with Crippen LogP contribution >= 0.6 is 0 Å². The molecule has 4 nitrogen and oxygen atoms in total. The number of hydrogen-bond acceptors (Lipinski definition) is 3. The highest BCUT2D eigenvalue weighted by Gasteiger charge is 2.21. The molecular formula is C15H24N2O2S. The smallest absolute Gasteiger partial charge is 0.242 e. The SMILES string of the molecule is CC(NCCC1CC1)c1ccc(S(=O)(=O)N(C)C)cc1. The van der Waals surface area contributed by atoms with Gasteiger partial charge in [0.05, 0.1) is 4.90 Å². The second-order valence-electron chi connectivity index (χ2n) is 5.76. The molecule has 1 aromatic carbocycles. The van der Waals surface area contributed by atoms with Crippen LogP contribution in [0.25, 0.3) is 0 Å². The van der Waals surface area contributed by atoms with Gasteiger partial charge in [0.2, 0.25) is 10.0 Å². The molecule has 0 aliphatic heterocycles. The lowest BCUT2D eigenvalue weighted by atomic mass is 10.1. The van der Waals surface area contributed by atoms with E-state index < -0.39 is 10.0 Å². The summed E-state index contributed by atoms with van der Waals surface area (Å²) in [5, 5.41) is 3.49. The Morgan fingerprint density at radius 1 is 1.25 bits per heavy atom. The van der Waals surface area contributed by atoms with Crippen LogP contribution < -0.4 is 5.32 Å². The highest BCUT2D eigenvalue weighted by molar-refractivity contribution is 7.89. The van der Waals surface area contributed by atoms with Crippen LogP contribution in [0, 0.1) is 5.92 Å². The first-order valence-electron chi connectivity index (χ1n) is 7.17. The van der Waals surface area contributed by atoms with Crippen molar-refractivity contribution in [3.8, 4) is 0 Å². The average molecular weight is 296 g/mol. The van der Waals surface area contributed by atoms with Crippen molar-refractivity contribution in [2.75, 3.05) is 20.6 Å². The summed E-state index contributed by atoms with van der Waals surface area (Å²) in [5.74, 6) is 0.933. The lowest BCUT2D eigenvalue weighted by molar-refractivity contribution is 0.520. The molecule has 0 amide bonds. The molecule has 0 bridgehead atoms. The summed E-state index contributed by atoms with van der Waals surface area (Å²) >= 11 is 0. The van der Waals surface area contributed by atoms with Gasteiger partial charge in [0.25, 0.3) is 0 Å². The second kappa shape index (κ2) is 6.24. The maximum Gasteiger partial charge on any atom is 0.242 e. The van der Waals surface area contributed by atoms with Gasteiger partial charge >= 0.3 is 0 Å². The largest absolute Gasteiger partial charge is 0.310 e. The molecule has 1 N–H and O–H groups in total. The third-order valence-electron chi connectivity index (χ3n) is 3.86. The summed E-state index contributed by atoms with van der Waals surface area (Å²) in [6.07, 6.45) is 4.01. The number of nitrogens with zero attached hydrogens (tertiary/aromatic N) is 1. The number of hydrogen-bond donors (Lipinski definition) is 1. The number of nitrogens with one attached hydrogen (secondary N) is 1. The zero-order valence-electron chi connectivity index (χ0n) is 12.5. The fourth-order valence-corrected chi connectivity index (χ4v) is 3.07. The molecule has 1 aliphatic rings. The van der Waals surface area contributed by atoms with Crippen molar-refractivity contribution >= 4 is 10.0 Å². The Hall–Kier alpha value is -0.910. The number of sulfonamides is 1. The van der Waals surface area contributed by atoms with Gasteiger partial charge in [-0.25, -0.2) is 12.7 Å². The molecule has 0 heterocycles. The molecular weight excluding hydrogens is 272 g/mol.